The molecule has 0 unspecified atom stereocenters. The molecule has 0 bridgehead atoms. The maximum absolute atomic E-state index is 11.9. The Hall–Kier alpha value is -0.810. The number of anilines is 1. The molecule has 0 aromatic carbocycles. The first-order valence-electron chi connectivity index (χ1n) is 6.43. The van der Waals surface area contributed by atoms with Crippen LogP contribution in [0.4, 0.5) is 5.82 Å². The molecule has 1 aromatic rings. The van der Waals surface area contributed by atoms with E-state index in [4.69, 9.17) is 11.6 Å². The van der Waals surface area contributed by atoms with Crippen molar-refractivity contribution < 1.29 is 8.42 Å². The van der Waals surface area contributed by atoms with Crippen LogP contribution in [0.1, 0.15) is 26.7 Å². The standard InChI is InChI=1S/C13H21ClN2O2S/c1-4-11(5-2)16(10-8-14)13-12(19(3,17)18)7-6-9-15-13/h6-7,9,11H,4-5,8,10H2,1-3H3. The highest BCUT2D eigenvalue weighted by Crippen LogP contribution is 2.25. The van der Waals surface area contributed by atoms with E-state index in [-0.39, 0.29) is 10.9 Å². The largest absolute Gasteiger partial charge is 0.351 e. The fraction of sp³-hybridized carbons (Fsp3) is 0.615. The number of hydrogen-bond donors (Lipinski definition) is 0. The van der Waals surface area contributed by atoms with Gasteiger partial charge in [-0.1, -0.05) is 13.8 Å². The van der Waals surface area contributed by atoms with E-state index in [1.54, 1.807) is 18.3 Å². The molecule has 0 spiro atoms. The van der Waals surface area contributed by atoms with Gasteiger partial charge in [0.25, 0.3) is 0 Å². The van der Waals surface area contributed by atoms with E-state index in [1.165, 1.54) is 6.26 Å². The second-order valence-corrected chi connectivity index (χ2v) is 6.81. The lowest BCUT2D eigenvalue weighted by atomic mass is 10.1. The number of aromatic nitrogens is 1. The maximum Gasteiger partial charge on any atom is 0.179 e. The number of alkyl halides is 1. The summed E-state index contributed by atoms with van der Waals surface area (Å²) in [5.41, 5.74) is 0. The third-order valence-electron chi connectivity index (χ3n) is 3.13. The average molecular weight is 305 g/mol. The summed E-state index contributed by atoms with van der Waals surface area (Å²) in [6, 6.07) is 3.49. The zero-order valence-electron chi connectivity index (χ0n) is 11.6. The Kier molecular flexibility index (Phi) is 6.07. The van der Waals surface area contributed by atoms with Crippen LogP contribution in [0.25, 0.3) is 0 Å². The Morgan fingerprint density at radius 3 is 2.47 bits per heavy atom. The van der Waals surface area contributed by atoms with Gasteiger partial charge in [0.2, 0.25) is 0 Å². The van der Waals surface area contributed by atoms with Gasteiger partial charge < -0.3 is 4.90 Å². The highest BCUT2D eigenvalue weighted by Gasteiger charge is 2.23. The van der Waals surface area contributed by atoms with E-state index >= 15 is 0 Å². The van der Waals surface area contributed by atoms with Gasteiger partial charge in [-0.15, -0.1) is 11.6 Å². The first kappa shape index (κ1) is 16.2. The van der Waals surface area contributed by atoms with Crippen LogP contribution in [0.3, 0.4) is 0 Å². The van der Waals surface area contributed by atoms with Crippen molar-refractivity contribution in [2.75, 3.05) is 23.6 Å². The number of pyridine rings is 1. The zero-order chi connectivity index (χ0) is 14.5. The molecule has 0 aliphatic heterocycles. The molecule has 1 heterocycles. The first-order chi connectivity index (χ1) is 8.95. The van der Waals surface area contributed by atoms with Crippen LogP contribution < -0.4 is 4.90 Å². The molecule has 0 amide bonds. The average Bonchev–Trinajstić information content (AvgIpc) is 2.38. The molecule has 0 saturated carbocycles. The van der Waals surface area contributed by atoms with Crippen molar-refractivity contribution in [2.45, 2.75) is 37.6 Å². The van der Waals surface area contributed by atoms with E-state index in [0.717, 1.165) is 12.8 Å². The number of hydrogen-bond acceptors (Lipinski definition) is 4. The van der Waals surface area contributed by atoms with Crippen molar-refractivity contribution in [1.29, 1.82) is 0 Å². The van der Waals surface area contributed by atoms with Crippen LogP contribution in [-0.4, -0.2) is 38.1 Å². The minimum absolute atomic E-state index is 0.245. The van der Waals surface area contributed by atoms with Gasteiger partial charge in [-0.25, -0.2) is 13.4 Å². The highest BCUT2D eigenvalue weighted by molar-refractivity contribution is 7.90. The normalized spacial score (nSPS) is 11.8. The van der Waals surface area contributed by atoms with Gasteiger partial charge in [0.15, 0.2) is 9.84 Å². The van der Waals surface area contributed by atoms with Crippen molar-refractivity contribution in [3.8, 4) is 0 Å². The maximum atomic E-state index is 11.9. The number of nitrogens with zero attached hydrogens (tertiary/aromatic N) is 2. The molecule has 0 N–H and O–H groups in total. The Balaban J connectivity index is 3.30. The van der Waals surface area contributed by atoms with E-state index in [0.29, 0.717) is 18.2 Å². The SMILES string of the molecule is CCC(CC)N(CCCl)c1ncccc1S(C)(=O)=O. The van der Waals surface area contributed by atoms with Crippen LogP contribution in [0.2, 0.25) is 0 Å². The van der Waals surface area contributed by atoms with Gasteiger partial charge in [-0.05, 0) is 25.0 Å². The Labute approximate surface area is 120 Å². The lowest BCUT2D eigenvalue weighted by Crippen LogP contribution is -2.37. The smallest absolute Gasteiger partial charge is 0.179 e. The summed E-state index contributed by atoms with van der Waals surface area (Å²) in [7, 11) is -3.29. The molecular weight excluding hydrogens is 284 g/mol. The summed E-state index contributed by atoms with van der Waals surface area (Å²) >= 11 is 5.85. The predicted molar refractivity (Wildman–Crippen MR) is 79.8 cm³/mol. The molecule has 108 valence electrons. The molecule has 0 atom stereocenters. The van der Waals surface area contributed by atoms with Gasteiger partial charge in [0.05, 0.1) is 0 Å². The minimum atomic E-state index is -3.29. The molecule has 1 aromatic heterocycles. The summed E-state index contributed by atoms with van der Waals surface area (Å²) < 4.78 is 23.7. The molecule has 0 radical (unpaired) electrons. The van der Waals surface area contributed by atoms with E-state index < -0.39 is 9.84 Å². The second-order valence-electron chi connectivity index (χ2n) is 4.45. The Bertz CT molecular complexity index is 501. The van der Waals surface area contributed by atoms with Crippen molar-refractivity contribution in [3.63, 3.8) is 0 Å². The third kappa shape index (κ3) is 4.08. The lowest BCUT2D eigenvalue weighted by Gasteiger charge is -2.32. The van der Waals surface area contributed by atoms with Gasteiger partial charge in [0.1, 0.15) is 10.7 Å². The second kappa shape index (κ2) is 7.10. The van der Waals surface area contributed by atoms with Crippen LogP contribution in [-0.2, 0) is 9.84 Å². The predicted octanol–water partition coefficient (Wildman–Crippen LogP) is 2.72. The molecule has 1 rings (SSSR count). The van der Waals surface area contributed by atoms with Crippen LogP contribution in [0, 0.1) is 0 Å². The highest BCUT2D eigenvalue weighted by atomic mass is 35.5. The molecule has 0 aliphatic rings. The van der Waals surface area contributed by atoms with Crippen molar-refractivity contribution >= 4 is 27.3 Å². The molecule has 0 saturated heterocycles. The molecule has 0 fully saturated rings. The van der Waals surface area contributed by atoms with E-state index in [2.05, 4.69) is 18.8 Å². The fourth-order valence-corrected chi connectivity index (χ4v) is 3.18. The van der Waals surface area contributed by atoms with Crippen LogP contribution in [0.5, 0.6) is 0 Å². The van der Waals surface area contributed by atoms with Crippen molar-refractivity contribution in [1.82, 2.24) is 4.98 Å². The monoisotopic (exact) mass is 304 g/mol. The topological polar surface area (TPSA) is 50.3 Å². The van der Waals surface area contributed by atoms with Gasteiger partial charge in [-0.3, -0.25) is 0 Å². The van der Waals surface area contributed by atoms with E-state index in [1.807, 2.05) is 4.90 Å². The van der Waals surface area contributed by atoms with Crippen molar-refractivity contribution in [2.24, 2.45) is 0 Å². The summed E-state index contributed by atoms with van der Waals surface area (Å²) in [6.07, 6.45) is 4.67. The summed E-state index contributed by atoms with van der Waals surface area (Å²) in [5.74, 6) is 0.954. The minimum Gasteiger partial charge on any atom is -0.351 e. The molecule has 4 nitrogen and oxygen atoms in total. The number of sulfone groups is 1. The van der Waals surface area contributed by atoms with Crippen LogP contribution in [0.15, 0.2) is 23.2 Å². The summed E-state index contributed by atoms with van der Waals surface area (Å²) in [5, 5.41) is 0. The molecular formula is C13H21ClN2O2S. The first-order valence-corrected chi connectivity index (χ1v) is 8.85. The third-order valence-corrected chi connectivity index (χ3v) is 4.42. The summed E-state index contributed by atoms with van der Waals surface area (Å²) in [4.78, 5) is 6.54. The number of halogens is 1. The van der Waals surface area contributed by atoms with Gasteiger partial charge >= 0.3 is 0 Å². The fourth-order valence-electron chi connectivity index (χ4n) is 2.17. The lowest BCUT2D eigenvalue weighted by molar-refractivity contribution is 0.556. The van der Waals surface area contributed by atoms with E-state index in [9.17, 15) is 8.42 Å². The Morgan fingerprint density at radius 1 is 1.37 bits per heavy atom. The van der Waals surface area contributed by atoms with Crippen molar-refractivity contribution in [3.05, 3.63) is 18.3 Å². The quantitative estimate of drug-likeness (QED) is 0.727. The zero-order valence-corrected chi connectivity index (χ0v) is 13.2. The number of rotatable bonds is 7. The molecule has 0 aliphatic carbocycles. The van der Waals surface area contributed by atoms with Crippen LogP contribution >= 0.6 is 11.6 Å². The Morgan fingerprint density at radius 2 is 2.00 bits per heavy atom. The summed E-state index contributed by atoms with van der Waals surface area (Å²) in [6.45, 7) is 4.75. The van der Waals surface area contributed by atoms with Gasteiger partial charge in [-0.2, -0.15) is 0 Å². The molecule has 19 heavy (non-hydrogen) atoms. The molecule has 6 heteroatoms. The van der Waals surface area contributed by atoms with Gasteiger partial charge in [0, 0.05) is 30.9 Å².